The third kappa shape index (κ3) is 5.66. The number of ether oxygens (including phenoxy) is 1. The Hall–Kier alpha value is -2.75. The Kier molecular flexibility index (Phi) is 7.75. The van der Waals surface area contributed by atoms with Crippen molar-refractivity contribution in [3.8, 4) is 0 Å². The molecule has 0 atom stereocenters. The molecule has 138 valence electrons. The van der Waals surface area contributed by atoms with Crippen LogP contribution in [-0.2, 0) is 20.9 Å². The summed E-state index contributed by atoms with van der Waals surface area (Å²) >= 11 is 5.95. The summed E-state index contributed by atoms with van der Waals surface area (Å²) in [5, 5.41) is 15.5. The third-order valence-corrected chi connectivity index (χ3v) is 3.53. The van der Waals surface area contributed by atoms with Gasteiger partial charge in [-0.1, -0.05) is 41.9 Å². The summed E-state index contributed by atoms with van der Waals surface area (Å²) in [6.07, 6.45) is 1.25. The summed E-state index contributed by atoms with van der Waals surface area (Å²) in [4.78, 5) is 29.0. The molecule has 1 aromatic carbocycles. The van der Waals surface area contributed by atoms with Gasteiger partial charge in [0.25, 0.3) is 0 Å². The number of hydrogen-bond acceptors (Lipinski definition) is 7. The number of halogens is 1. The second-order valence-electron chi connectivity index (χ2n) is 5.08. The van der Waals surface area contributed by atoms with E-state index in [9.17, 15) is 14.8 Å². The predicted octanol–water partition coefficient (Wildman–Crippen LogP) is 2.07. The van der Waals surface area contributed by atoms with E-state index < -0.39 is 0 Å². The first-order chi connectivity index (χ1) is 12.7. The van der Waals surface area contributed by atoms with Gasteiger partial charge in [-0.05, 0) is 12.0 Å². The minimum atomic E-state index is -0.120. The van der Waals surface area contributed by atoms with E-state index in [2.05, 4.69) is 20.6 Å². The van der Waals surface area contributed by atoms with E-state index in [4.69, 9.17) is 16.3 Å². The van der Waals surface area contributed by atoms with Crippen molar-refractivity contribution in [2.45, 2.75) is 13.0 Å². The zero-order valence-corrected chi connectivity index (χ0v) is 14.5. The first kappa shape index (κ1) is 19.6. The van der Waals surface area contributed by atoms with E-state index in [1.807, 2.05) is 30.3 Å². The summed E-state index contributed by atoms with van der Waals surface area (Å²) in [6.45, 7) is 1.04. The van der Waals surface area contributed by atoms with Crippen molar-refractivity contribution in [1.82, 2.24) is 9.97 Å². The van der Waals surface area contributed by atoms with Gasteiger partial charge >= 0.3 is 0 Å². The molecule has 0 aliphatic carbocycles. The van der Waals surface area contributed by atoms with E-state index >= 15 is 0 Å². The van der Waals surface area contributed by atoms with Crippen LogP contribution in [0.25, 0.3) is 0 Å². The number of anilines is 3. The van der Waals surface area contributed by atoms with Gasteiger partial charge in [-0.15, -0.1) is 0 Å². The highest BCUT2D eigenvalue weighted by molar-refractivity contribution is 6.33. The van der Waals surface area contributed by atoms with Gasteiger partial charge in [-0.2, -0.15) is 9.97 Å². The second kappa shape index (κ2) is 10.3. The minimum Gasteiger partial charge on any atom is -0.377 e. The monoisotopic (exact) mass is 379 g/mol. The minimum absolute atomic E-state index is 0.0332. The molecule has 2 aromatic rings. The maximum atomic E-state index is 10.7. The topological polar surface area (TPSA) is 117 Å². The SMILES string of the molecule is O=CNc1nc(Cl)c(NC=O)c(N(O)CCCOCc2ccccc2)n1. The van der Waals surface area contributed by atoms with Crippen LogP contribution in [0.5, 0.6) is 0 Å². The first-order valence-corrected chi connectivity index (χ1v) is 8.09. The second-order valence-corrected chi connectivity index (χ2v) is 5.43. The maximum absolute atomic E-state index is 10.7. The standard InChI is InChI=1S/C16H18ClN5O4/c17-14-13(18-10-23)15(21-16(20-14)19-11-24)22(25)7-4-8-26-9-12-5-2-1-3-6-12/h1-3,5-6,10-11,25H,4,7-9H2,(H,18,23)(H,19,20,21,24). The number of carbonyl (C=O) groups is 2. The van der Waals surface area contributed by atoms with Crippen LogP contribution in [-0.4, -0.2) is 41.1 Å². The van der Waals surface area contributed by atoms with Crippen LogP contribution >= 0.6 is 11.6 Å². The molecule has 0 radical (unpaired) electrons. The average Bonchev–Trinajstić information content (AvgIpc) is 2.64. The molecule has 0 aliphatic heterocycles. The van der Waals surface area contributed by atoms with E-state index in [1.54, 1.807) is 0 Å². The van der Waals surface area contributed by atoms with Crippen molar-refractivity contribution in [3.63, 3.8) is 0 Å². The smallest absolute Gasteiger partial charge is 0.232 e. The third-order valence-electron chi connectivity index (χ3n) is 3.25. The Morgan fingerprint density at radius 2 is 1.88 bits per heavy atom. The molecule has 2 rings (SSSR count). The summed E-state index contributed by atoms with van der Waals surface area (Å²) in [5.41, 5.74) is 1.09. The summed E-state index contributed by atoms with van der Waals surface area (Å²) in [5.74, 6) is -0.139. The van der Waals surface area contributed by atoms with E-state index in [0.29, 0.717) is 32.5 Å². The van der Waals surface area contributed by atoms with Gasteiger partial charge in [0.15, 0.2) is 11.0 Å². The van der Waals surface area contributed by atoms with Gasteiger partial charge in [-0.25, -0.2) is 5.06 Å². The summed E-state index contributed by atoms with van der Waals surface area (Å²) in [7, 11) is 0. The quantitative estimate of drug-likeness (QED) is 0.237. The summed E-state index contributed by atoms with van der Waals surface area (Å²) in [6, 6.07) is 9.71. The predicted molar refractivity (Wildman–Crippen MR) is 96.3 cm³/mol. The number of rotatable bonds is 11. The van der Waals surface area contributed by atoms with Gasteiger partial charge < -0.3 is 10.1 Å². The van der Waals surface area contributed by atoms with Crippen LogP contribution in [0.3, 0.4) is 0 Å². The molecule has 9 nitrogen and oxygen atoms in total. The Bertz CT molecular complexity index is 732. The normalized spacial score (nSPS) is 10.2. The molecule has 2 amide bonds. The van der Waals surface area contributed by atoms with Crippen LogP contribution in [0.1, 0.15) is 12.0 Å². The molecule has 0 bridgehead atoms. The fraction of sp³-hybridized carbons (Fsp3) is 0.250. The van der Waals surface area contributed by atoms with E-state index in [0.717, 1.165) is 10.6 Å². The Morgan fingerprint density at radius 1 is 1.15 bits per heavy atom. The molecule has 0 saturated heterocycles. The highest BCUT2D eigenvalue weighted by Crippen LogP contribution is 2.30. The zero-order valence-electron chi connectivity index (χ0n) is 13.8. The van der Waals surface area contributed by atoms with Gasteiger partial charge in [0.2, 0.25) is 18.8 Å². The molecule has 1 heterocycles. The first-order valence-electron chi connectivity index (χ1n) is 7.71. The van der Waals surface area contributed by atoms with Crippen molar-refractivity contribution in [2.75, 3.05) is 28.8 Å². The number of benzene rings is 1. The number of nitrogens with zero attached hydrogens (tertiary/aromatic N) is 3. The van der Waals surface area contributed by atoms with Crippen molar-refractivity contribution < 1.29 is 19.5 Å². The molecule has 1 aromatic heterocycles. The van der Waals surface area contributed by atoms with E-state index in [-0.39, 0.29) is 29.2 Å². The van der Waals surface area contributed by atoms with Gasteiger partial charge in [0.05, 0.1) is 6.61 Å². The lowest BCUT2D eigenvalue weighted by molar-refractivity contribution is -0.106. The molecule has 26 heavy (non-hydrogen) atoms. The number of nitrogens with one attached hydrogen (secondary N) is 2. The molecule has 10 heteroatoms. The lowest BCUT2D eigenvalue weighted by atomic mass is 10.2. The van der Waals surface area contributed by atoms with Crippen LogP contribution in [0, 0.1) is 0 Å². The van der Waals surface area contributed by atoms with E-state index in [1.165, 1.54) is 0 Å². The number of hydroxylamine groups is 1. The molecule has 0 fully saturated rings. The van der Waals surface area contributed by atoms with Crippen LogP contribution in [0.2, 0.25) is 5.15 Å². The number of aromatic nitrogens is 2. The Labute approximate surface area is 154 Å². The Morgan fingerprint density at radius 3 is 2.58 bits per heavy atom. The largest absolute Gasteiger partial charge is 0.377 e. The molecule has 0 aliphatic rings. The Balaban J connectivity index is 1.93. The lowest BCUT2D eigenvalue weighted by Gasteiger charge is -2.19. The van der Waals surface area contributed by atoms with Gasteiger partial charge in [-0.3, -0.25) is 20.1 Å². The number of hydrogen-bond donors (Lipinski definition) is 3. The summed E-state index contributed by atoms with van der Waals surface area (Å²) < 4.78 is 5.54. The van der Waals surface area contributed by atoms with Crippen molar-refractivity contribution >= 4 is 41.9 Å². The van der Waals surface area contributed by atoms with Crippen molar-refractivity contribution in [1.29, 1.82) is 0 Å². The molecular formula is C16H18ClN5O4. The fourth-order valence-electron chi connectivity index (χ4n) is 2.10. The van der Waals surface area contributed by atoms with Crippen LogP contribution < -0.4 is 15.7 Å². The van der Waals surface area contributed by atoms with Crippen molar-refractivity contribution in [3.05, 3.63) is 41.0 Å². The average molecular weight is 380 g/mol. The molecular weight excluding hydrogens is 362 g/mol. The number of carbonyl (C=O) groups excluding carboxylic acids is 2. The maximum Gasteiger partial charge on any atom is 0.232 e. The fourth-order valence-corrected chi connectivity index (χ4v) is 2.32. The lowest BCUT2D eigenvalue weighted by Crippen LogP contribution is -2.24. The van der Waals surface area contributed by atoms with Gasteiger partial charge in [0.1, 0.15) is 5.69 Å². The van der Waals surface area contributed by atoms with Gasteiger partial charge in [0, 0.05) is 13.2 Å². The highest BCUT2D eigenvalue weighted by atomic mass is 35.5. The molecule has 0 spiro atoms. The molecule has 0 unspecified atom stereocenters. The number of amides is 2. The zero-order chi connectivity index (χ0) is 18.8. The van der Waals surface area contributed by atoms with Crippen LogP contribution in [0.4, 0.5) is 17.5 Å². The van der Waals surface area contributed by atoms with Crippen LogP contribution in [0.15, 0.2) is 30.3 Å². The highest BCUT2D eigenvalue weighted by Gasteiger charge is 2.17. The van der Waals surface area contributed by atoms with Crippen molar-refractivity contribution in [2.24, 2.45) is 0 Å². The molecule has 0 saturated carbocycles. The molecule has 3 N–H and O–H groups in total.